The van der Waals surface area contributed by atoms with Gasteiger partial charge in [-0.1, -0.05) is 30.3 Å². The second-order valence-electron chi connectivity index (χ2n) is 4.46. The van der Waals surface area contributed by atoms with E-state index in [1.54, 1.807) is 6.92 Å². The zero-order valence-corrected chi connectivity index (χ0v) is 12.2. The van der Waals surface area contributed by atoms with Gasteiger partial charge in [-0.15, -0.1) is 0 Å². The van der Waals surface area contributed by atoms with Crippen molar-refractivity contribution in [3.63, 3.8) is 0 Å². The highest BCUT2D eigenvalue weighted by Gasteiger charge is 2.22. The van der Waals surface area contributed by atoms with Crippen LogP contribution in [0.15, 0.2) is 36.4 Å². The van der Waals surface area contributed by atoms with Gasteiger partial charge in [0.25, 0.3) is 0 Å². The van der Waals surface area contributed by atoms with Gasteiger partial charge in [0.2, 0.25) is 0 Å². The highest BCUT2D eigenvalue weighted by molar-refractivity contribution is 5.89. The molecule has 22 heavy (non-hydrogen) atoms. The Hall–Kier alpha value is -2.96. The zero-order chi connectivity index (χ0) is 16.1. The van der Waals surface area contributed by atoms with Crippen molar-refractivity contribution in [3.8, 4) is 11.3 Å². The van der Waals surface area contributed by atoms with Gasteiger partial charge >= 0.3 is 11.8 Å². The molecule has 0 atom stereocenters. The summed E-state index contributed by atoms with van der Waals surface area (Å²) in [5.41, 5.74) is 1.38. The number of nitro groups is 1. The number of pyridine rings is 1. The first-order valence-electron chi connectivity index (χ1n) is 6.68. The Labute approximate surface area is 127 Å². The molecule has 0 aliphatic rings. The van der Waals surface area contributed by atoms with Crippen molar-refractivity contribution in [2.24, 2.45) is 0 Å². The molecule has 7 nitrogen and oxygen atoms in total. The van der Waals surface area contributed by atoms with E-state index >= 15 is 0 Å². The van der Waals surface area contributed by atoms with Crippen LogP contribution in [-0.4, -0.2) is 22.6 Å². The van der Waals surface area contributed by atoms with Gasteiger partial charge in [-0.05, 0) is 19.9 Å². The lowest BCUT2D eigenvalue weighted by molar-refractivity contribution is -0.384. The quantitative estimate of drug-likeness (QED) is 0.688. The normalized spacial score (nSPS) is 10.1. The van der Waals surface area contributed by atoms with E-state index in [2.05, 4.69) is 10.3 Å². The molecule has 0 spiro atoms. The van der Waals surface area contributed by atoms with Crippen LogP contribution in [0.2, 0.25) is 0 Å². The van der Waals surface area contributed by atoms with Crippen molar-refractivity contribution in [2.45, 2.75) is 13.8 Å². The van der Waals surface area contributed by atoms with Crippen molar-refractivity contribution in [1.82, 2.24) is 4.98 Å². The molecule has 1 N–H and O–H groups in total. The predicted octanol–water partition coefficient (Wildman–Crippen LogP) is 3.53. The van der Waals surface area contributed by atoms with E-state index in [9.17, 15) is 14.9 Å². The highest BCUT2D eigenvalue weighted by atomic mass is 16.6. The van der Waals surface area contributed by atoms with E-state index in [4.69, 9.17) is 4.74 Å². The van der Waals surface area contributed by atoms with E-state index in [1.165, 1.54) is 13.0 Å². The Morgan fingerprint density at radius 3 is 2.64 bits per heavy atom. The largest absolute Gasteiger partial charge is 0.450 e. The lowest BCUT2D eigenvalue weighted by Gasteiger charge is -2.10. The molecule has 0 fully saturated rings. The summed E-state index contributed by atoms with van der Waals surface area (Å²) in [5, 5.41) is 13.6. The maximum Gasteiger partial charge on any atom is 0.411 e. The summed E-state index contributed by atoms with van der Waals surface area (Å²) in [4.78, 5) is 26.4. The number of aryl methyl sites for hydroxylation is 1. The molecule has 0 bridgehead atoms. The topological polar surface area (TPSA) is 94.4 Å². The van der Waals surface area contributed by atoms with E-state index in [0.717, 1.165) is 5.56 Å². The van der Waals surface area contributed by atoms with Crippen molar-refractivity contribution in [2.75, 3.05) is 11.9 Å². The zero-order valence-electron chi connectivity index (χ0n) is 12.2. The standard InChI is InChI=1S/C15H15N3O4/c1-3-22-15(19)17-13-9-12(11-7-5-4-6-8-11)16-10(2)14(13)18(20)21/h4-9H,3H2,1-2H3,(H,16,17,19). The summed E-state index contributed by atoms with van der Waals surface area (Å²) in [5.74, 6) is 0. The van der Waals surface area contributed by atoms with Crippen molar-refractivity contribution < 1.29 is 14.5 Å². The van der Waals surface area contributed by atoms with E-state index in [1.807, 2.05) is 30.3 Å². The fourth-order valence-corrected chi connectivity index (χ4v) is 2.03. The molecule has 0 saturated carbocycles. The minimum absolute atomic E-state index is 0.0646. The van der Waals surface area contributed by atoms with Crippen LogP contribution in [0.4, 0.5) is 16.2 Å². The molecule has 0 saturated heterocycles. The minimum atomic E-state index is -0.741. The van der Waals surface area contributed by atoms with Crippen LogP contribution in [0.1, 0.15) is 12.6 Å². The fraction of sp³-hybridized carbons (Fsp3) is 0.200. The third-order valence-corrected chi connectivity index (χ3v) is 2.93. The Morgan fingerprint density at radius 1 is 1.36 bits per heavy atom. The molecule has 114 valence electrons. The minimum Gasteiger partial charge on any atom is -0.450 e. The SMILES string of the molecule is CCOC(=O)Nc1cc(-c2ccccc2)nc(C)c1[N+](=O)[O-]. The number of aromatic nitrogens is 1. The van der Waals surface area contributed by atoms with Gasteiger partial charge in [-0.25, -0.2) is 9.78 Å². The van der Waals surface area contributed by atoms with Gasteiger partial charge in [0, 0.05) is 5.56 Å². The number of anilines is 1. The van der Waals surface area contributed by atoms with Gasteiger partial charge in [0.1, 0.15) is 11.4 Å². The summed E-state index contributed by atoms with van der Waals surface area (Å²) in [7, 11) is 0. The summed E-state index contributed by atoms with van der Waals surface area (Å²) >= 11 is 0. The number of amides is 1. The number of nitrogens with one attached hydrogen (secondary N) is 1. The average molecular weight is 301 g/mol. The number of benzene rings is 1. The molecule has 2 rings (SSSR count). The van der Waals surface area contributed by atoms with Crippen molar-refractivity contribution in [3.05, 3.63) is 52.2 Å². The first-order chi connectivity index (χ1) is 10.5. The predicted molar refractivity (Wildman–Crippen MR) is 81.7 cm³/mol. The molecule has 0 aliphatic heterocycles. The van der Waals surface area contributed by atoms with Crippen LogP contribution in [0.25, 0.3) is 11.3 Å². The number of rotatable bonds is 4. The van der Waals surface area contributed by atoms with Gasteiger partial charge in [-0.2, -0.15) is 0 Å². The Balaban J connectivity index is 2.50. The molecular weight excluding hydrogens is 286 g/mol. The number of carbonyl (C=O) groups is 1. The average Bonchev–Trinajstić information content (AvgIpc) is 2.47. The third-order valence-electron chi connectivity index (χ3n) is 2.93. The maximum absolute atomic E-state index is 11.6. The molecule has 1 aromatic carbocycles. The monoisotopic (exact) mass is 301 g/mol. The van der Waals surface area contributed by atoms with E-state index in [-0.39, 0.29) is 23.7 Å². The summed E-state index contributed by atoms with van der Waals surface area (Å²) < 4.78 is 4.77. The highest BCUT2D eigenvalue weighted by Crippen LogP contribution is 2.31. The lowest BCUT2D eigenvalue weighted by atomic mass is 10.1. The fourth-order valence-electron chi connectivity index (χ4n) is 2.03. The van der Waals surface area contributed by atoms with Gasteiger partial charge in [0.05, 0.1) is 17.2 Å². The number of nitrogens with zero attached hydrogens (tertiary/aromatic N) is 2. The van der Waals surface area contributed by atoms with Crippen molar-refractivity contribution >= 4 is 17.5 Å². The second kappa shape index (κ2) is 6.66. The lowest BCUT2D eigenvalue weighted by Crippen LogP contribution is -2.15. The molecule has 0 unspecified atom stereocenters. The Bertz CT molecular complexity index is 701. The van der Waals surface area contributed by atoms with Gasteiger partial charge in [0.15, 0.2) is 0 Å². The first-order valence-corrected chi connectivity index (χ1v) is 6.68. The van der Waals surface area contributed by atoms with Crippen LogP contribution in [0.3, 0.4) is 0 Å². The number of carbonyl (C=O) groups excluding carboxylic acids is 1. The molecule has 0 aliphatic carbocycles. The maximum atomic E-state index is 11.6. The third kappa shape index (κ3) is 3.38. The molecule has 0 radical (unpaired) electrons. The molecule has 1 amide bonds. The Morgan fingerprint density at radius 2 is 2.05 bits per heavy atom. The first kappa shape index (κ1) is 15.4. The molecular formula is C15H15N3O4. The summed E-state index contributed by atoms with van der Waals surface area (Å²) in [6.45, 7) is 3.36. The molecule has 1 heterocycles. The van der Waals surface area contributed by atoms with Crippen LogP contribution in [0, 0.1) is 17.0 Å². The molecule has 7 heteroatoms. The van der Waals surface area contributed by atoms with Crippen LogP contribution < -0.4 is 5.32 Å². The van der Waals surface area contributed by atoms with Crippen LogP contribution >= 0.6 is 0 Å². The molecule has 1 aromatic heterocycles. The molecule has 2 aromatic rings. The summed E-state index contributed by atoms with van der Waals surface area (Å²) in [6.07, 6.45) is -0.741. The Kier molecular flexibility index (Phi) is 4.67. The smallest absolute Gasteiger partial charge is 0.411 e. The van der Waals surface area contributed by atoms with Crippen LogP contribution in [0.5, 0.6) is 0 Å². The number of hydrogen-bond acceptors (Lipinski definition) is 5. The second-order valence-corrected chi connectivity index (χ2v) is 4.46. The van der Waals surface area contributed by atoms with Crippen molar-refractivity contribution in [1.29, 1.82) is 0 Å². The van der Waals surface area contributed by atoms with E-state index < -0.39 is 11.0 Å². The number of hydrogen-bond donors (Lipinski definition) is 1. The van der Waals surface area contributed by atoms with Crippen LogP contribution in [-0.2, 0) is 4.74 Å². The number of ether oxygens (including phenoxy) is 1. The van der Waals surface area contributed by atoms with Gasteiger partial charge in [-0.3, -0.25) is 15.4 Å². The van der Waals surface area contributed by atoms with E-state index in [0.29, 0.717) is 5.69 Å². The summed E-state index contributed by atoms with van der Waals surface area (Å²) in [6, 6.07) is 10.7. The van der Waals surface area contributed by atoms with Gasteiger partial charge < -0.3 is 4.74 Å².